The van der Waals surface area contributed by atoms with Crippen molar-refractivity contribution in [3.05, 3.63) is 65.1 Å². The average molecular weight is 441 g/mol. The number of benzene rings is 2. The van der Waals surface area contributed by atoms with Gasteiger partial charge in [0.05, 0.1) is 50.2 Å². The lowest BCUT2D eigenvalue weighted by molar-refractivity contribution is 0.0950. The van der Waals surface area contributed by atoms with Gasteiger partial charge in [-0.25, -0.2) is 10.4 Å². The van der Waals surface area contributed by atoms with E-state index in [4.69, 9.17) is 25.8 Å². The van der Waals surface area contributed by atoms with Crippen LogP contribution in [0.15, 0.2) is 53.9 Å². The molecule has 9 heteroatoms. The summed E-state index contributed by atoms with van der Waals surface area (Å²) in [6.07, 6.45) is 4.39. The van der Waals surface area contributed by atoms with Gasteiger partial charge in [-0.3, -0.25) is 9.78 Å². The number of aromatic nitrogens is 2. The molecule has 1 amide bonds. The van der Waals surface area contributed by atoms with Crippen molar-refractivity contribution < 1.29 is 19.0 Å². The Morgan fingerprint density at radius 2 is 1.87 bits per heavy atom. The second kappa shape index (κ2) is 10.4. The molecule has 160 valence electrons. The minimum Gasteiger partial charge on any atom is -0.497 e. The maximum Gasteiger partial charge on any atom is 0.291 e. The molecule has 2 aromatic carbocycles. The van der Waals surface area contributed by atoms with Gasteiger partial charge in [0.1, 0.15) is 22.9 Å². The maximum atomic E-state index is 12.4. The predicted octanol–water partition coefficient (Wildman–Crippen LogP) is 3.98. The first-order valence-corrected chi connectivity index (χ1v) is 9.73. The average Bonchev–Trinajstić information content (AvgIpc) is 2.80. The first-order valence-electron chi connectivity index (χ1n) is 9.35. The third kappa shape index (κ3) is 5.70. The van der Waals surface area contributed by atoms with Gasteiger partial charge in [-0.05, 0) is 37.3 Å². The fourth-order valence-corrected chi connectivity index (χ4v) is 2.91. The van der Waals surface area contributed by atoms with Crippen LogP contribution in [0.1, 0.15) is 23.0 Å². The quantitative estimate of drug-likeness (QED) is 0.420. The van der Waals surface area contributed by atoms with Gasteiger partial charge in [0, 0.05) is 17.2 Å². The predicted molar refractivity (Wildman–Crippen MR) is 118 cm³/mol. The van der Waals surface area contributed by atoms with E-state index >= 15 is 0 Å². The van der Waals surface area contributed by atoms with E-state index in [-0.39, 0.29) is 5.69 Å². The van der Waals surface area contributed by atoms with Crippen LogP contribution in [0.5, 0.6) is 17.2 Å². The molecule has 0 aliphatic heterocycles. The molecule has 1 N–H and O–H groups in total. The van der Waals surface area contributed by atoms with Crippen LogP contribution in [-0.4, -0.2) is 42.9 Å². The number of hydrazone groups is 1. The van der Waals surface area contributed by atoms with Crippen molar-refractivity contribution in [2.45, 2.75) is 6.92 Å². The van der Waals surface area contributed by atoms with Crippen LogP contribution in [0.3, 0.4) is 0 Å². The number of hydrogen-bond donors (Lipinski definition) is 1. The van der Waals surface area contributed by atoms with E-state index in [2.05, 4.69) is 20.5 Å². The number of halogens is 1. The number of ether oxygens (including phenoxy) is 3. The third-order valence-corrected chi connectivity index (χ3v) is 4.44. The highest BCUT2D eigenvalue weighted by atomic mass is 35.5. The highest BCUT2D eigenvalue weighted by Crippen LogP contribution is 2.29. The van der Waals surface area contributed by atoms with E-state index < -0.39 is 5.91 Å². The number of nitrogens with one attached hydrogen (secondary N) is 1. The molecule has 0 atom stereocenters. The summed E-state index contributed by atoms with van der Waals surface area (Å²) in [6, 6.07) is 10.5. The molecule has 3 rings (SSSR count). The molecule has 0 unspecified atom stereocenters. The molecule has 3 aromatic rings. The number of methoxy groups -OCH3 is 2. The Bertz CT molecular complexity index is 1080. The normalized spacial score (nSPS) is 10.7. The molecule has 1 heterocycles. The molecule has 0 bridgehead atoms. The standard InChI is InChI=1S/C22H21ClN4O4/c1-4-31-21-6-5-15(9-18(21)23)19-12-24-13-20(26-19)22(28)27-25-11-14-7-16(29-2)10-17(8-14)30-3/h5-13H,4H2,1-3H3,(H,27,28). The smallest absolute Gasteiger partial charge is 0.291 e. The molecule has 0 radical (unpaired) electrons. The van der Waals surface area contributed by atoms with Gasteiger partial charge in [-0.2, -0.15) is 5.10 Å². The molecular formula is C22H21ClN4O4. The highest BCUT2D eigenvalue weighted by molar-refractivity contribution is 6.32. The van der Waals surface area contributed by atoms with E-state index in [1.54, 1.807) is 56.8 Å². The number of amides is 1. The summed E-state index contributed by atoms with van der Waals surface area (Å²) < 4.78 is 15.9. The highest BCUT2D eigenvalue weighted by Gasteiger charge is 2.11. The SMILES string of the molecule is CCOc1ccc(-c2cncc(C(=O)NN=Cc3cc(OC)cc(OC)c3)n2)cc1Cl. The van der Waals surface area contributed by atoms with E-state index in [0.29, 0.717) is 45.7 Å². The van der Waals surface area contributed by atoms with E-state index in [1.807, 2.05) is 6.92 Å². The zero-order valence-electron chi connectivity index (χ0n) is 17.3. The van der Waals surface area contributed by atoms with Gasteiger partial charge >= 0.3 is 0 Å². The number of hydrogen-bond acceptors (Lipinski definition) is 7. The number of nitrogens with zero attached hydrogens (tertiary/aromatic N) is 3. The van der Waals surface area contributed by atoms with Gasteiger partial charge in [0.2, 0.25) is 0 Å². The number of rotatable bonds is 8. The Labute approximate surface area is 184 Å². The van der Waals surface area contributed by atoms with Crippen LogP contribution >= 0.6 is 11.6 Å². The van der Waals surface area contributed by atoms with Crippen LogP contribution in [-0.2, 0) is 0 Å². The Morgan fingerprint density at radius 1 is 1.13 bits per heavy atom. The maximum absolute atomic E-state index is 12.4. The third-order valence-electron chi connectivity index (χ3n) is 4.15. The zero-order chi connectivity index (χ0) is 22.2. The lowest BCUT2D eigenvalue weighted by Crippen LogP contribution is -2.19. The molecule has 0 fully saturated rings. The molecule has 31 heavy (non-hydrogen) atoms. The summed E-state index contributed by atoms with van der Waals surface area (Å²) in [6.45, 7) is 2.39. The van der Waals surface area contributed by atoms with E-state index in [0.717, 1.165) is 0 Å². The van der Waals surface area contributed by atoms with Gasteiger partial charge < -0.3 is 14.2 Å². The van der Waals surface area contributed by atoms with Gasteiger partial charge in [0.25, 0.3) is 5.91 Å². The van der Waals surface area contributed by atoms with Crippen molar-refractivity contribution in [1.29, 1.82) is 0 Å². The Balaban J connectivity index is 1.73. The van der Waals surface area contributed by atoms with Gasteiger partial charge in [0.15, 0.2) is 0 Å². The van der Waals surface area contributed by atoms with Crippen LogP contribution in [0.2, 0.25) is 5.02 Å². The first-order chi connectivity index (χ1) is 15.0. The van der Waals surface area contributed by atoms with Crippen LogP contribution in [0.4, 0.5) is 0 Å². The van der Waals surface area contributed by atoms with Crippen molar-refractivity contribution in [2.75, 3.05) is 20.8 Å². The van der Waals surface area contributed by atoms with Crippen molar-refractivity contribution in [1.82, 2.24) is 15.4 Å². The summed E-state index contributed by atoms with van der Waals surface area (Å²) in [5.41, 5.74) is 4.46. The topological polar surface area (TPSA) is 94.9 Å². The zero-order valence-corrected chi connectivity index (χ0v) is 18.0. The summed E-state index contributed by atoms with van der Waals surface area (Å²) in [7, 11) is 3.11. The molecule has 8 nitrogen and oxygen atoms in total. The molecule has 0 aliphatic carbocycles. The summed E-state index contributed by atoms with van der Waals surface area (Å²) in [4.78, 5) is 20.9. The van der Waals surface area contributed by atoms with Gasteiger partial charge in [-0.1, -0.05) is 11.6 Å². The lowest BCUT2D eigenvalue weighted by atomic mass is 10.1. The van der Waals surface area contributed by atoms with E-state index in [9.17, 15) is 4.79 Å². The van der Waals surface area contributed by atoms with Crippen molar-refractivity contribution in [3.63, 3.8) is 0 Å². The number of carbonyl (C=O) groups excluding carboxylic acids is 1. The van der Waals surface area contributed by atoms with Crippen LogP contribution in [0.25, 0.3) is 11.3 Å². The largest absolute Gasteiger partial charge is 0.497 e. The summed E-state index contributed by atoms with van der Waals surface area (Å²) >= 11 is 6.24. The van der Waals surface area contributed by atoms with Gasteiger partial charge in [-0.15, -0.1) is 0 Å². The fourth-order valence-electron chi connectivity index (χ4n) is 2.67. The minimum atomic E-state index is -0.502. The Hall–Kier alpha value is -3.65. The van der Waals surface area contributed by atoms with Crippen LogP contribution in [0, 0.1) is 0 Å². The Morgan fingerprint density at radius 3 is 2.52 bits per heavy atom. The fraction of sp³-hybridized carbons (Fsp3) is 0.182. The summed E-state index contributed by atoms with van der Waals surface area (Å²) in [5, 5.41) is 4.43. The van der Waals surface area contributed by atoms with Crippen molar-refractivity contribution in [3.8, 4) is 28.5 Å². The molecular weight excluding hydrogens is 420 g/mol. The molecule has 0 spiro atoms. The molecule has 0 saturated heterocycles. The molecule has 0 saturated carbocycles. The van der Waals surface area contributed by atoms with Crippen LogP contribution < -0.4 is 19.6 Å². The first kappa shape index (κ1) is 22.0. The van der Waals surface area contributed by atoms with Crippen molar-refractivity contribution in [2.24, 2.45) is 5.10 Å². The minimum absolute atomic E-state index is 0.114. The number of carbonyl (C=O) groups is 1. The Kier molecular flexibility index (Phi) is 7.40. The molecule has 0 aliphatic rings. The lowest BCUT2D eigenvalue weighted by Gasteiger charge is -2.08. The molecule has 1 aromatic heterocycles. The summed E-state index contributed by atoms with van der Waals surface area (Å²) in [5.74, 6) is 1.30. The second-order valence-corrected chi connectivity index (χ2v) is 6.62. The van der Waals surface area contributed by atoms with Crippen molar-refractivity contribution >= 4 is 23.7 Å². The van der Waals surface area contributed by atoms with E-state index in [1.165, 1.54) is 12.4 Å². The monoisotopic (exact) mass is 440 g/mol. The second-order valence-electron chi connectivity index (χ2n) is 6.21.